The number of benzene rings is 2. The summed E-state index contributed by atoms with van der Waals surface area (Å²) in [5, 5.41) is 10.7. The molecule has 0 bridgehead atoms. The Kier molecular flexibility index (Phi) is 3.16. The average molecular weight is 319 g/mol. The van der Waals surface area contributed by atoms with Crippen LogP contribution in [0, 0.1) is 0 Å². The fourth-order valence-electron chi connectivity index (χ4n) is 2.85. The molecule has 0 fully saturated rings. The molecule has 0 unspecified atom stereocenters. The van der Waals surface area contributed by atoms with E-state index < -0.39 is 5.97 Å². The van der Waals surface area contributed by atoms with Gasteiger partial charge in [0, 0.05) is 16.5 Å². The van der Waals surface area contributed by atoms with Gasteiger partial charge in [-0.25, -0.2) is 4.79 Å². The lowest BCUT2D eigenvalue weighted by Crippen LogP contribution is -2.08. The summed E-state index contributed by atoms with van der Waals surface area (Å²) in [5.41, 5.74) is 3.79. The van der Waals surface area contributed by atoms with E-state index in [9.17, 15) is 9.59 Å². The third-order valence-corrected chi connectivity index (χ3v) is 4.02. The van der Waals surface area contributed by atoms with E-state index in [2.05, 4.69) is 15.5 Å². The van der Waals surface area contributed by atoms with Crippen molar-refractivity contribution in [1.82, 2.24) is 10.2 Å². The first-order chi connectivity index (χ1) is 11.7. The standard InChI is InChI=1S/C18H13N3O3/c1-24-18(23)13-4-2-3-12-14(17(22)20-16(12)13)7-10-5-6-11-9-19-21-15(11)8-10/h2-9H,1H3,(H,19,21)(H,20,22). The Labute approximate surface area is 137 Å². The largest absolute Gasteiger partial charge is 0.465 e. The number of nitrogens with zero attached hydrogens (tertiary/aromatic N) is 1. The Morgan fingerprint density at radius 1 is 1.25 bits per heavy atom. The summed E-state index contributed by atoms with van der Waals surface area (Å²) in [7, 11) is 1.31. The van der Waals surface area contributed by atoms with Crippen LogP contribution >= 0.6 is 0 Å². The molecule has 1 amide bonds. The highest BCUT2D eigenvalue weighted by atomic mass is 16.5. The molecule has 6 nitrogen and oxygen atoms in total. The number of H-pyrrole nitrogens is 1. The highest BCUT2D eigenvalue weighted by Gasteiger charge is 2.28. The van der Waals surface area contributed by atoms with Crippen LogP contribution in [0.5, 0.6) is 0 Å². The molecule has 3 aromatic rings. The number of methoxy groups -OCH3 is 1. The van der Waals surface area contributed by atoms with Crippen molar-refractivity contribution < 1.29 is 14.3 Å². The molecule has 0 saturated heterocycles. The highest BCUT2D eigenvalue weighted by Crippen LogP contribution is 2.36. The molecular weight excluding hydrogens is 306 g/mol. The molecular formula is C18H13N3O3. The maximum absolute atomic E-state index is 12.4. The van der Waals surface area contributed by atoms with Crippen LogP contribution in [0.25, 0.3) is 22.6 Å². The average Bonchev–Trinajstić information content (AvgIpc) is 3.18. The minimum atomic E-state index is -0.479. The van der Waals surface area contributed by atoms with Crippen molar-refractivity contribution in [3.63, 3.8) is 0 Å². The molecule has 6 heteroatoms. The molecule has 118 valence electrons. The first kappa shape index (κ1) is 14.2. The van der Waals surface area contributed by atoms with Gasteiger partial charge < -0.3 is 10.1 Å². The van der Waals surface area contributed by atoms with Crippen LogP contribution in [0.4, 0.5) is 5.69 Å². The third-order valence-electron chi connectivity index (χ3n) is 4.02. The molecule has 1 aliphatic rings. The molecule has 24 heavy (non-hydrogen) atoms. The lowest BCUT2D eigenvalue weighted by atomic mass is 10.0. The van der Waals surface area contributed by atoms with Gasteiger partial charge in [-0.1, -0.05) is 24.3 Å². The van der Waals surface area contributed by atoms with Crippen LogP contribution in [0.15, 0.2) is 42.6 Å². The second kappa shape index (κ2) is 5.34. The Hall–Kier alpha value is -3.41. The zero-order valence-electron chi connectivity index (χ0n) is 12.8. The first-order valence-corrected chi connectivity index (χ1v) is 7.35. The number of hydrogen-bond donors (Lipinski definition) is 2. The van der Waals surface area contributed by atoms with Crippen molar-refractivity contribution in [3.8, 4) is 0 Å². The Morgan fingerprint density at radius 2 is 2.12 bits per heavy atom. The topological polar surface area (TPSA) is 84.1 Å². The van der Waals surface area contributed by atoms with Gasteiger partial charge in [-0.3, -0.25) is 9.89 Å². The zero-order valence-corrected chi connectivity index (χ0v) is 12.8. The van der Waals surface area contributed by atoms with Crippen LogP contribution in [-0.4, -0.2) is 29.2 Å². The SMILES string of the molecule is COC(=O)c1cccc2c1NC(=O)C2=Cc1ccc2cn[nH]c2c1. The van der Waals surface area contributed by atoms with Gasteiger partial charge >= 0.3 is 5.97 Å². The maximum Gasteiger partial charge on any atom is 0.339 e. The number of aromatic nitrogens is 2. The lowest BCUT2D eigenvalue weighted by Gasteiger charge is -2.05. The lowest BCUT2D eigenvalue weighted by molar-refractivity contribution is -0.110. The maximum atomic E-state index is 12.4. The van der Waals surface area contributed by atoms with Crippen LogP contribution in [0.3, 0.4) is 0 Å². The molecule has 2 aromatic carbocycles. The number of para-hydroxylation sites is 1. The second-order valence-electron chi connectivity index (χ2n) is 5.45. The molecule has 2 N–H and O–H groups in total. The molecule has 0 spiro atoms. The van der Waals surface area contributed by atoms with Crippen molar-refractivity contribution in [1.29, 1.82) is 0 Å². The van der Waals surface area contributed by atoms with E-state index in [-0.39, 0.29) is 5.91 Å². The number of anilines is 1. The molecule has 0 saturated carbocycles. The monoisotopic (exact) mass is 319 g/mol. The van der Waals surface area contributed by atoms with E-state index in [4.69, 9.17) is 4.74 Å². The Balaban J connectivity index is 1.83. The number of carbonyl (C=O) groups excluding carboxylic acids is 2. The predicted octanol–water partition coefficient (Wildman–Crippen LogP) is 2.84. The number of ether oxygens (including phenoxy) is 1. The number of nitrogens with one attached hydrogen (secondary N) is 2. The number of amides is 1. The second-order valence-corrected chi connectivity index (χ2v) is 5.45. The van der Waals surface area contributed by atoms with E-state index in [0.29, 0.717) is 22.4 Å². The van der Waals surface area contributed by atoms with E-state index in [1.54, 1.807) is 30.5 Å². The van der Waals surface area contributed by atoms with Crippen molar-refractivity contribution >= 4 is 40.1 Å². The molecule has 0 aliphatic carbocycles. The van der Waals surface area contributed by atoms with Crippen LogP contribution in [0.2, 0.25) is 0 Å². The number of rotatable bonds is 2. The number of esters is 1. The molecule has 2 heterocycles. The highest BCUT2D eigenvalue weighted by molar-refractivity contribution is 6.36. The molecule has 4 rings (SSSR count). The van der Waals surface area contributed by atoms with Gasteiger partial charge in [0.25, 0.3) is 5.91 Å². The summed E-state index contributed by atoms with van der Waals surface area (Å²) in [6.45, 7) is 0. The van der Waals surface area contributed by atoms with Gasteiger partial charge in [0.1, 0.15) is 0 Å². The van der Waals surface area contributed by atoms with Gasteiger partial charge in [0.15, 0.2) is 0 Å². The quantitative estimate of drug-likeness (QED) is 0.562. The number of fused-ring (bicyclic) bond motifs is 2. The molecule has 0 radical (unpaired) electrons. The summed E-state index contributed by atoms with van der Waals surface area (Å²) in [4.78, 5) is 24.2. The van der Waals surface area contributed by atoms with Gasteiger partial charge in [-0.15, -0.1) is 0 Å². The van der Waals surface area contributed by atoms with Crippen LogP contribution in [-0.2, 0) is 9.53 Å². The third kappa shape index (κ3) is 2.16. The predicted molar refractivity (Wildman–Crippen MR) is 90.4 cm³/mol. The van der Waals surface area contributed by atoms with E-state index >= 15 is 0 Å². The van der Waals surface area contributed by atoms with Gasteiger partial charge in [-0.2, -0.15) is 5.10 Å². The number of carbonyl (C=O) groups is 2. The Bertz CT molecular complexity index is 1020. The van der Waals surface area contributed by atoms with Crippen molar-refractivity contribution in [2.45, 2.75) is 0 Å². The van der Waals surface area contributed by atoms with Crippen molar-refractivity contribution in [3.05, 3.63) is 59.3 Å². The van der Waals surface area contributed by atoms with Gasteiger partial charge in [0.05, 0.1) is 30.1 Å². The summed E-state index contributed by atoms with van der Waals surface area (Å²) >= 11 is 0. The molecule has 0 atom stereocenters. The van der Waals surface area contributed by atoms with Crippen LogP contribution in [0.1, 0.15) is 21.5 Å². The number of hydrogen-bond acceptors (Lipinski definition) is 4. The minimum absolute atomic E-state index is 0.244. The summed E-state index contributed by atoms with van der Waals surface area (Å²) in [5.74, 6) is -0.724. The normalized spacial score (nSPS) is 14.7. The summed E-state index contributed by atoms with van der Waals surface area (Å²) < 4.78 is 4.77. The summed E-state index contributed by atoms with van der Waals surface area (Å²) in [6.07, 6.45) is 3.54. The smallest absolute Gasteiger partial charge is 0.339 e. The molecule has 1 aliphatic heterocycles. The van der Waals surface area contributed by atoms with Crippen molar-refractivity contribution in [2.75, 3.05) is 12.4 Å². The zero-order chi connectivity index (χ0) is 16.7. The first-order valence-electron chi connectivity index (χ1n) is 7.35. The summed E-state index contributed by atoms with van der Waals surface area (Å²) in [6, 6.07) is 10.9. The van der Waals surface area contributed by atoms with E-state index in [1.807, 2.05) is 18.2 Å². The molecule has 1 aromatic heterocycles. The van der Waals surface area contributed by atoms with E-state index in [1.165, 1.54) is 7.11 Å². The minimum Gasteiger partial charge on any atom is -0.465 e. The van der Waals surface area contributed by atoms with Crippen LogP contribution < -0.4 is 5.32 Å². The fraction of sp³-hybridized carbons (Fsp3) is 0.0556. The van der Waals surface area contributed by atoms with Gasteiger partial charge in [0.2, 0.25) is 0 Å². The number of aromatic amines is 1. The van der Waals surface area contributed by atoms with Gasteiger partial charge in [-0.05, 0) is 23.8 Å². The van der Waals surface area contributed by atoms with Crippen molar-refractivity contribution in [2.24, 2.45) is 0 Å². The van der Waals surface area contributed by atoms with E-state index in [0.717, 1.165) is 16.5 Å². The Morgan fingerprint density at radius 3 is 2.96 bits per heavy atom. The fourth-order valence-corrected chi connectivity index (χ4v) is 2.85.